The predicted octanol–water partition coefficient (Wildman–Crippen LogP) is 4.60. The number of aromatic nitrogens is 1. The summed E-state index contributed by atoms with van der Waals surface area (Å²) in [6, 6.07) is 5.72. The summed E-state index contributed by atoms with van der Waals surface area (Å²) in [5, 5.41) is 4.62. The number of halogens is 1. The van der Waals surface area contributed by atoms with Crippen molar-refractivity contribution in [2.24, 2.45) is 0 Å². The van der Waals surface area contributed by atoms with Crippen molar-refractivity contribution in [1.29, 1.82) is 0 Å². The number of benzene rings is 1. The van der Waals surface area contributed by atoms with Crippen molar-refractivity contribution in [3.05, 3.63) is 52.9 Å². The minimum atomic E-state index is -0.210. The van der Waals surface area contributed by atoms with Gasteiger partial charge >= 0.3 is 0 Å². The second-order valence-electron chi connectivity index (χ2n) is 7.59. The molecule has 1 atom stereocenters. The standard InChI is InChI=1S/C22H24FN3OS/c23-17-11-16(12-18(13-17)26-7-9-27-10-8-26)21-14-24-22(28-21)20-6-5-15-3-1-2-4-19(15)25-20/h5-6,11-14,19,25H,1-4,7-10H2. The Morgan fingerprint density at radius 1 is 1.14 bits per heavy atom. The Hall–Kier alpha value is -2.18. The number of hydrogen-bond donors (Lipinski definition) is 1. The van der Waals surface area contributed by atoms with Gasteiger partial charge in [0.2, 0.25) is 0 Å². The lowest BCUT2D eigenvalue weighted by Gasteiger charge is -2.30. The van der Waals surface area contributed by atoms with Gasteiger partial charge in [-0.05, 0) is 54.7 Å². The van der Waals surface area contributed by atoms with E-state index in [0.717, 1.165) is 39.9 Å². The van der Waals surface area contributed by atoms with Gasteiger partial charge in [0.1, 0.15) is 10.8 Å². The van der Waals surface area contributed by atoms with E-state index >= 15 is 0 Å². The van der Waals surface area contributed by atoms with Crippen molar-refractivity contribution in [2.45, 2.75) is 31.7 Å². The molecule has 1 aromatic heterocycles. The third-order valence-corrected chi connectivity index (χ3v) is 6.81. The van der Waals surface area contributed by atoms with Gasteiger partial charge in [-0.2, -0.15) is 0 Å². The molecule has 0 radical (unpaired) electrons. The van der Waals surface area contributed by atoms with E-state index in [-0.39, 0.29) is 5.82 Å². The van der Waals surface area contributed by atoms with Gasteiger partial charge in [-0.25, -0.2) is 9.37 Å². The monoisotopic (exact) mass is 397 g/mol. The van der Waals surface area contributed by atoms with Crippen LogP contribution in [0.2, 0.25) is 0 Å². The molecule has 2 aliphatic heterocycles. The average Bonchev–Trinajstić information content (AvgIpc) is 3.24. The number of thiazole rings is 1. The fraction of sp³-hybridized carbons (Fsp3) is 0.409. The van der Waals surface area contributed by atoms with Gasteiger partial charge in [-0.1, -0.05) is 12.5 Å². The first-order valence-electron chi connectivity index (χ1n) is 10.0. The van der Waals surface area contributed by atoms with Crippen LogP contribution >= 0.6 is 11.3 Å². The number of rotatable bonds is 3. The Labute approximate surface area is 168 Å². The van der Waals surface area contributed by atoms with Gasteiger partial charge in [-0.15, -0.1) is 11.3 Å². The van der Waals surface area contributed by atoms with Crippen LogP contribution in [0, 0.1) is 5.82 Å². The number of morpholine rings is 1. The Morgan fingerprint density at radius 3 is 2.93 bits per heavy atom. The van der Waals surface area contributed by atoms with Crippen molar-refractivity contribution in [3.63, 3.8) is 0 Å². The second kappa shape index (κ2) is 7.68. The normalized spacial score (nSPS) is 22.2. The Bertz CT molecular complexity index is 930. The first-order chi connectivity index (χ1) is 13.8. The van der Waals surface area contributed by atoms with Crippen molar-refractivity contribution in [1.82, 2.24) is 10.3 Å². The maximum absolute atomic E-state index is 14.3. The van der Waals surface area contributed by atoms with Gasteiger partial charge in [0.05, 0.1) is 23.8 Å². The fourth-order valence-corrected chi connectivity index (χ4v) is 5.11. The van der Waals surface area contributed by atoms with E-state index in [1.54, 1.807) is 23.5 Å². The van der Waals surface area contributed by atoms with Crippen LogP contribution in [0.3, 0.4) is 0 Å². The highest BCUT2D eigenvalue weighted by Gasteiger charge is 2.23. The average molecular weight is 398 g/mol. The molecule has 0 spiro atoms. The molecule has 2 aromatic rings. The number of dihydropyridines is 1. The number of fused-ring (bicyclic) bond motifs is 1. The first-order valence-corrected chi connectivity index (χ1v) is 10.8. The van der Waals surface area contributed by atoms with Crippen LogP contribution in [-0.4, -0.2) is 37.3 Å². The van der Waals surface area contributed by atoms with Gasteiger partial charge in [0.15, 0.2) is 0 Å². The molecule has 1 N–H and O–H groups in total. The summed E-state index contributed by atoms with van der Waals surface area (Å²) in [6.45, 7) is 2.97. The summed E-state index contributed by atoms with van der Waals surface area (Å²) in [6.07, 6.45) is 11.2. The molecule has 0 bridgehead atoms. The Balaban J connectivity index is 1.41. The lowest BCUT2D eigenvalue weighted by Crippen LogP contribution is -2.36. The zero-order chi connectivity index (χ0) is 18.9. The van der Waals surface area contributed by atoms with E-state index in [2.05, 4.69) is 33.4 Å². The molecule has 28 heavy (non-hydrogen) atoms. The SMILES string of the molecule is Fc1cc(-c2cnc(C3=CC=C4CCCCC4N3)s2)cc(N2CCOCC2)c1. The van der Waals surface area contributed by atoms with E-state index in [1.165, 1.54) is 31.3 Å². The summed E-state index contributed by atoms with van der Waals surface area (Å²) in [4.78, 5) is 7.80. The number of hydrogen-bond acceptors (Lipinski definition) is 5. The Kier molecular flexibility index (Phi) is 4.91. The molecule has 4 nitrogen and oxygen atoms in total. The molecular formula is C22H24FN3OS. The lowest BCUT2D eigenvalue weighted by atomic mass is 9.88. The lowest BCUT2D eigenvalue weighted by molar-refractivity contribution is 0.122. The largest absolute Gasteiger partial charge is 0.378 e. The molecule has 6 heteroatoms. The predicted molar refractivity (Wildman–Crippen MR) is 112 cm³/mol. The van der Waals surface area contributed by atoms with E-state index in [4.69, 9.17) is 4.74 Å². The van der Waals surface area contributed by atoms with Gasteiger partial charge < -0.3 is 15.0 Å². The summed E-state index contributed by atoms with van der Waals surface area (Å²) >= 11 is 1.61. The molecular weight excluding hydrogens is 373 g/mol. The third kappa shape index (κ3) is 3.59. The van der Waals surface area contributed by atoms with Gasteiger partial charge in [0.25, 0.3) is 0 Å². The summed E-state index contributed by atoms with van der Waals surface area (Å²) < 4.78 is 19.7. The zero-order valence-electron chi connectivity index (χ0n) is 15.8. The van der Waals surface area contributed by atoms with Crippen molar-refractivity contribution in [2.75, 3.05) is 31.2 Å². The van der Waals surface area contributed by atoms with Crippen LogP contribution in [-0.2, 0) is 4.74 Å². The van der Waals surface area contributed by atoms with Crippen molar-refractivity contribution in [3.8, 4) is 10.4 Å². The number of nitrogens with zero attached hydrogens (tertiary/aromatic N) is 2. The summed E-state index contributed by atoms with van der Waals surface area (Å²) in [5.74, 6) is -0.210. The van der Waals surface area contributed by atoms with E-state index in [9.17, 15) is 4.39 Å². The van der Waals surface area contributed by atoms with Crippen molar-refractivity contribution < 1.29 is 9.13 Å². The minimum absolute atomic E-state index is 0.210. The Morgan fingerprint density at radius 2 is 2.04 bits per heavy atom. The third-order valence-electron chi connectivity index (χ3n) is 5.73. The smallest absolute Gasteiger partial charge is 0.139 e. The fourth-order valence-electron chi connectivity index (χ4n) is 4.21. The van der Waals surface area contributed by atoms with Crippen LogP contribution < -0.4 is 10.2 Å². The number of anilines is 1. The number of ether oxygens (including phenoxy) is 1. The second-order valence-corrected chi connectivity index (χ2v) is 8.62. The molecule has 1 aromatic carbocycles. The molecule has 5 rings (SSSR count). The maximum Gasteiger partial charge on any atom is 0.139 e. The first kappa shape index (κ1) is 17.9. The molecule has 0 amide bonds. The van der Waals surface area contributed by atoms with Crippen LogP contribution in [0.15, 0.2) is 42.1 Å². The minimum Gasteiger partial charge on any atom is -0.378 e. The molecule has 3 heterocycles. The molecule has 146 valence electrons. The quantitative estimate of drug-likeness (QED) is 0.821. The van der Waals surface area contributed by atoms with Crippen molar-refractivity contribution >= 4 is 22.7 Å². The van der Waals surface area contributed by atoms with Crippen LogP contribution in [0.25, 0.3) is 16.1 Å². The van der Waals surface area contributed by atoms with E-state index in [0.29, 0.717) is 19.3 Å². The highest BCUT2D eigenvalue weighted by molar-refractivity contribution is 7.16. The van der Waals surface area contributed by atoms with Gasteiger partial charge in [-0.3, -0.25) is 0 Å². The van der Waals surface area contributed by atoms with Crippen LogP contribution in [0.5, 0.6) is 0 Å². The number of nitrogens with one attached hydrogen (secondary N) is 1. The van der Waals surface area contributed by atoms with E-state index in [1.807, 2.05) is 6.20 Å². The van der Waals surface area contributed by atoms with E-state index < -0.39 is 0 Å². The maximum atomic E-state index is 14.3. The van der Waals surface area contributed by atoms with Crippen LogP contribution in [0.4, 0.5) is 10.1 Å². The molecule has 1 saturated heterocycles. The van der Waals surface area contributed by atoms with Gasteiger partial charge in [0, 0.05) is 31.0 Å². The number of allylic oxidation sites excluding steroid dienone is 2. The molecule has 3 aliphatic rings. The summed E-state index contributed by atoms with van der Waals surface area (Å²) in [5.41, 5.74) is 4.39. The topological polar surface area (TPSA) is 37.4 Å². The molecule has 1 saturated carbocycles. The van der Waals surface area contributed by atoms with Crippen LogP contribution in [0.1, 0.15) is 30.7 Å². The highest BCUT2D eigenvalue weighted by atomic mass is 32.1. The zero-order valence-corrected chi connectivity index (χ0v) is 16.6. The molecule has 1 aliphatic carbocycles. The molecule has 2 fully saturated rings. The molecule has 1 unspecified atom stereocenters. The summed E-state index contributed by atoms with van der Waals surface area (Å²) in [7, 11) is 0. The highest BCUT2D eigenvalue weighted by Crippen LogP contribution is 2.35.